The number of benzene rings is 1. The maximum absolute atomic E-state index is 11.9. The van der Waals surface area contributed by atoms with Crippen molar-refractivity contribution in [1.82, 2.24) is 14.5 Å². The molecular formula is C17H17N3O2. The molecule has 0 bridgehead atoms. The van der Waals surface area contributed by atoms with Crippen LogP contribution >= 0.6 is 0 Å². The van der Waals surface area contributed by atoms with Gasteiger partial charge in [0.25, 0.3) is 0 Å². The molecule has 2 aromatic heterocycles. The van der Waals surface area contributed by atoms with Crippen molar-refractivity contribution in [2.75, 3.05) is 7.11 Å². The molecule has 5 nitrogen and oxygen atoms in total. The first kappa shape index (κ1) is 14.3. The standard InChI is InChI=1S/C17H17N3O2/c1-11-8-19-14(9-18-11)10-20-7-6-13-4-5-15(17(21)22-3)12(2)16(13)20/h4-9H,10H2,1-3H3. The fourth-order valence-corrected chi connectivity index (χ4v) is 2.62. The fourth-order valence-electron chi connectivity index (χ4n) is 2.62. The van der Waals surface area contributed by atoms with Crippen LogP contribution in [0, 0.1) is 13.8 Å². The molecule has 0 saturated heterocycles. The molecule has 0 aliphatic rings. The molecule has 5 heteroatoms. The minimum Gasteiger partial charge on any atom is -0.465 e. The summed E-state index contributed by atoms with van der Waals surface area (Å²) < 4.78 is 6.92. The highest BCUT2D eigenvalue weighted by molar-refractivity contribution is 5.97. The lowest BCUT2D eigenvalue weighted by molar-refractivity contribution is 0.0600. The van der Waals surface area contributed by atoms with Crippen molar-refractivity contribution >= 4 is 16.9 Å². The van der Waals surface area contributed by atoms with Gasteiger partial charge in [-0.05, 0) is 36.9 Å². The SMILES string of the molecule is COC(=O)c1ccc2ccn(Cc3cnc(C)cn3)c2c1C. The second kappa shape index (κ2) is 5.60. The van der Waals surface area contributed by atoms with Crippen LogP contribution in [0.2, 0.25) is 0 Å². The van der Waals surface area contributed by atoms with E-state index in [-0.39, 0.29) is 5.97 Å². The summed E-state index contributed by atoms with van der Waals surface area (Å²) in [7, 11) is 1.40. The molecule has 0 N–H and O–H groups in total. The van der Waals surface area contributed by atoms with Gasteiger partial charge >= 0.3 is 5.97 Å². The second-order valence-electron chi connectivity index (χ2n) is 5.26. The van der Waals surface area contributed by atoms with E-state index < -0.39 is 0 Å². The largest absolute Gasteiger partial charge is 0.465 e. The molecule has 0 fully saturated rings. The molecule has 22 heavy (non-hydrogen) atoms. The molecule has 3 rings (SSSR count). The topological polar surface area (TPSA) is 57.0 Å². The third kappa shape index (κ3) is 2.45. The first-order valence-corrected chi connectivity index (χ1v) is 7.04. The maximum Gasteiger partial charge on any atom is 0.338 e. The number of nitrogens with zero attached hydrogens (tertiary/aromatic N) is 3. The summed E-state index contributed by atoms with van der Waals surface area (Å²) in [4.78, 5) is 20.5. The number of carbonyl (C=O) groups excluding carboxylic acids is 1. The molecule has 1 aromatic carbocycles. The van der Waals surface area contributed by atoms with Gasteiger partial charge in [0, 0.05) is 12.4 Å². The summed E-state index contributed by atoms with van der Waals surface area (Å²) in [5.74, 6) is -0.317. The first-order chi connectivity index (χ1) is 10.6. The Balaban J connectivity index is 2.06. The molecule has 0 saturated carbocycles. The molecular weight excluding hydrogens is 278 g/mol. The first-order valence-electron chi connectivity index (χ1n) is 7.04. The molecule has 0 atom stereocenters. The zero-order valence-corrected chi connectivity index (χ0v) is 12.8. The van der Waals surface area contributed by atoms with Crippen molar-refractivity contribution in [3.63, 3.8) is 0 Å². The summed E-state index contributed by atoms with van der Waals surface area (Å²) in [6.07, 6.45) is 5.54. The van der Waals surface area contributed by atoms with Crippen LogP contribution < -0.4 is 0 Å². The van der Waals surface area contributed by atoms with Gasteiger partial charge in [0.2, 0.25) is 0 Å². The van der Waals surface area contributed by atoms with Crippen LogP contribution in [-0.4, -0.2) is 27.6 Å². The Morgan fingerprint density at radius 1 is 1.18 bits per heavy atom. The molecule has 3 aromatic rings. The van der Waals surface area contributed by atoms with Crippen LogP contribution in [0.15, 0.2) is 36.8 Å². The maximum atomic E-state index is 11.9. The van der Waals surface area contributed by atoms with E-state index >= 15 is 0 Å². The Kier molecular flexibility index (Phi) is 3.63. The lowest BCUT2D eigenvalue weighted by atomic mass is 10.1. The van der Waals surface area contributed by atoms with E-state index in [4.69, 9.17) is 4.74 Å². The molecule has 0 aliphatic heterocycles. The van der Waals surface area contributed by atoms with Gasteiger partial charge in [-0.15, -0.1) is 0 Å². The number of esters is 1. The van der Waals surface area contributed by atoms with Crippen LogP contribution in [0.1, 0.15) is 27.3 Å². The second-order valence-corrected chi connectivity index (χ2v) is 5.26. The van der Waals surface area contributed by atoms with Gasteiger partial charge in [0.1, 0.15) is 0 Å². The Bertz CT molecular complexity index is 835. The zero-order chi connectivity index (χ0) is 15.7. The Morgan fingerprint density at radius 3 is 2.68 bits per heavy atom. The van der Waals surface area contributed by atoms with Crippen molar-refractivity contribution in [2.24, 2.45) is 0 Å². The zero-order valence-electron chi connectivity index (χ0n) is 12.8. The molecule has 0 radical (unpaired) electrons. The van der Waals surface area contributed by atoms with E-state index in [0.717, 1.165) is 27.9 Å². The van der Waals surface area contributed by atoms with E-state index in [1.807, 2.05) is 32.2 Å². The molecule has 0 aliphatic carbocycles. The number of methoxy groups -OCH3 is 1. The van der Waals surface area contributed by atoms with E-state index in [0.29, 0.717) is 12.1 Å². The average Bonchev–Trinajstić information content (AvgIpc) is 2.93. The Labute approximate surface area is 128 Å². The van der Waals surface area contributed by atoms with Crippen LogP contribution in [0.25, 0.3) is 10.9 Å². The van der Waals surface area contributed by atoms with Crippen molar-refractivity contribution in [1.29, 1.82) is 0 Å². The average molecular weight is 295 g/mol. The van der Waals surface area contributed by atoms with Crippen LogP contribution in [-0.2, 0) is 11.3 Å². The number of hydrogen-bond donors (Lipinski definition) is 0. The number of fused-ring (bicyclic) bond motifs is 1. The van der Waals surface area contributed by atoms with Crippen molar-refractivity contribution in [3.05, 3.63) is 59.3 Å². The van der Waals surface area contributed by atoms with Gasteiger partial charge in [0.05, 0.1) is 42.3 Å². The van der Waals surface area contributed by atoms with Crippen molar-refractivity contribution in [3.8, 4) is 0 Å². The Hall–Kier alpha value is -2.69. The highest BCUT2D eigenvalue weighted by Crippen LogP contribution is 2.24. The van der Waals surface area contributed by atoms with Crippen LogP contribution in [0.3, 0.4) is 0 Å². The van der Waals surface area contributed by atoms with E-state index in [2.05, 4.69) is 14.5 Å². The monoisotopic (exact) mass is 295 g/mol. The fraction of sp³-hybridized carbons (Fsp3) is 0.235. The summed E-state index contributed by atoms with van der Waals surface area (Å²) in [6.45, 7) is 4.46. The van der Waals surface area contributed by atoms with Crippen LogP contribution in [0.5, 0.6) is 0 Å². The van der Waals surface area contributed by atoms with E-state index in [9.17, 15) is 4.79 Å². The van der Waals surface area contributed by atoms with Crippen LogP contribution in [0.4, 0.5) is 0 Å². The highest BCUT2D eigenvalue weighted by Gasteiger charge is 2.14. The predicted molar refractivity (Wildman–Crippen MR) is 83.9 cm³/mol. The van der Waals surface area contributed by atoms with E-state index in [1.165, 1.54) is 7.11 Å². The molecule has 0 spiro atoms. The lowest BCUT2D eigenvalue weighted by Crippen LogP contribution is -2.07. The smallest absolute Gasteiger partial charge is 0.338 e. The number of aromatic nitrogens is 3. The lowest BCUT2D eigenvalue weighted by Gasteiger charge is -2.10. The number of rotatable bonds is 3. The Morgan fingerprint density at radius 2 is 2.00 bits per heavy atom. The molecule has 0 amide bonds. The van der Waals surface area contributed by atoms with Gasteiger partial charge in [-0.1, -0.05) is 6.07 Å². The quantitative estimate of drug-likeness (QED) is 0.697. The highest BCUT2D eigenvalue weighted by atomic mass is 16.5. The number of carbonyl (C=O) groups is 1. The summed E-state index contributed by atoms with van der Waals surface area (Å²) in [6, 6.07) is 5.77. The molecule has 112 valence electrons. The van der Waals surface area contributed by atoms with Gasteiger partial charge < -0.3 is 9.30 Å². The van der Waals surface area contributed by atoms with Gasteiger partial charge in [-0.25, -0.2) is 4.79 Å². The third-order valence-electron chi connectivity index (χ3n) is 3.76. The number of ether oxygens (including phenoxy) is 1. The van der Waals surface area contributed by atoms with Gasteiger partial charge in [-0.3, -0.25) is 9.97 Å². The molecule has 2 heterocycles. The third-order valence-corrected chi connectivity index (χ3v) is 3.76. The minimum absolute atomic E-state index is 0.317. The van der Waals surface area contributed by atoms with E-state index in [1.54, 1.807) is 18.5 Å². The van der Waals surface area contributed by atoms with Gasteiger partial charge in [-0.2, -0.15) is 0 Å². The van der Waals surface area contributed by atoms with Crippen molar-refractivity contribution in [2.45, 2.75) is 20.4 Å². The molecule has 0 unspecified atom stereocenters. The number of hydrogen-bond acceptors (Lipinski definition) is 4. The number of aryl methyl sites for hydroxylation is 2. The summed E-state index contributed by atoms with van der Waals surface area (Å²) in [5.41, 5.74) is 4.29. The minimum atomic E-state index is -0.317. The normalized spacial score (nSPS) is 10.9. The summed E-state index contributed by atoms with van der Waals surface area (Å²) in [5, 5.41) is 1.09. The van der Waals surface area contributed by atoms with Crippen molar-refractivity contribution < 1.29 is 9.53 Å². The predicted octanol–water partition coefficient (Wildman–Crippen LogP) is 2.88. The summed E-state index contributed by atoms with van der Waals surface area (Å²) >= 11 is 0. The van der Waals surface area contributed by atoms with Gasteiger partial charge in [0.15, 0.2) is 0 Å².